The van der Waals surface area contributed by atoms with E-state index in [9.17, 15) is 14.7 Å². The van der Waals surface area contributed by atoms with Gasteiger partial charge in [0.25, 0.3) is 5.91 Å². The number of carbonyl (C=O) groups is 2. The van der Waals surface area contributed by atoms with Gasteiger partial charge in [-0.1, -0.05) is 32.0 Å². The van der Waals surface area contributed by atoms with Gasteiger partial charge in [-0.25, -0.2) is 4.79 Å². The van der Waals surface area contributed by atoms with E-state index in [2.05, 4.69) is 0 Å². The fraction of sp³-hybridized carbons (Fsp3) is 0.333. The van der Waals surface area contributed by atoms with Crippen LogP contribution in [0.4, 0.5) is 5.69 Å². The number of carbonyl (C=O) groups excluding carboxylic acids is 1. The Morgan fingerprint density at radius 2 is 1.74 bits per heavy atom. The first kappa shape index (κ1) is 16.8. The molecule has 23 heavy (non-hydrogen) atoms. The maximum absolute atomic E-state index is 12.9. The second-order valence-corrected chi connectivity index (χ2v) is 5.30. The molecule has 0 saturated carbocycles. The van der Waals surface area contributed by atoms with Crippen LogP contribution in [0.3, 0.4) is 0 Å². The third-order valence-electron chi connectivity index (χ3n) is 3.90. The number of rotatable bonds is 6. The number of amides is 1. The molecule has 0 spiro atoms. The highest BCUT2D eigenvalue weighted by molar-refractivity contribution is 6.08. The van der Waals surface area contributed by atoms with E-state index in [0.29, 0.717) is 18.5 Å². The summed E-state index contributed by atoms with van der Waals surface area (Å²) < 4.78 is 5.19. The summed E-state index contributed by atoms with van der Waals surface area (Å²) in [6, 6.07) is 7.94. The quantitative estimate of drug-likeness (QED) is 0.885. The third kappa shape index (κ3) is 3.28. The zero-order chi connectivity index (χ0) is 17.0. The zero-order valence-corrected chi connectivity index (χ0v) is 13.6. The predicted molar refractivity (Wildman–Crippen MR) is 87.8 cm³/mol. The van der Waals surface area contributed by atoms with Crippen LogP contribution in [0.2, 0.25) is 0 Å². The molecule has 1 aromatic heterocycles. The van der Waals surface area contributed by atoms with E-state index < -0.39 is 17.9 Å². The molecule has 0 bridgehead atoms. The Kier molecular flexibility index (Phi) is 5.21. The first-order chi connectivity index (χ1) is 11.0. The normalized spacial score (nSPS) is 12.0. The zero-order valence-electron chi connectivity index (χ0n) is 13.6. The number of carboxylic acid groups (broad SMARTS) is 1. The standard InChI is InChI=1S/C18H21NO4/c1-4-13-8-6-9-14(5-2)16(13)19(12(3)18(21)22)17(20)15-10-7-11-23-15/h6-12H,4-5H2,1-3H3,(H,21,22)/t12-/m1/s1. The van der Waals surface area contributed by atoms with Crippen molar-refractivity contribution in [3.63, 3.8) is 0 Å². The number of nitrogens with zero attached hydrogens (tertiary/aromatic N) is 1. The van der Waals surface area contributed by atoms with Gasteiger partial charge < -0.3 is 9.52 Å². The minimum atomic E-state index is -1.06. The molecule has 1 N–H and O–H groups in total. The maximum atomic E-state index is 12.9. The molecule has 122 valence electrons. The van der Waals surface area contributed by atoms with Crippen LogP contribution in [-0.2, 0) is 17.6 Å². The summed E-state index contributed by atoms with van der Waals surface area (Å²) in [5, 5.41) is 9.46. The van der Waals surface area contributed by atoms with Gasteiger partial charge in [-0.15, -0.1) is 0 Å². The topological polar surface area (TPSA) is 70.8 Å². The van der Waals surface area contributed by atoms with E-state index in [-0.39, 0.29) is 5.76 Å². The third-order valence-corrected chi connectivity index (χ3v) is 3.90. The lowest BCUT2D eigenvalue weighted by Crippen LogP contribution is -2.44. The van der Waals surface area contributed by atoms with E-state index in [1.807, 2.05) is 32.0 Å². The van der Waals surface area contributed by atoms with Crippen LogP contribution in [-0.4, -0.2) is 23.0 Å². The molecule has 0 unspecified atom stereocenters. The first-order valence-electron chi connectivity index (χ1n) is 7.71. The lowest BCUT2D eigenvalue weighted by Gasteiger charge is -2.30. The maximum Gasteiger partial charge on any atom is 0.326 e. The van der Waals surface area contributed by atoms with Crippen molar-refractivity contribution in [3.8, 4) is 0 Å². The fourth-order valence-electron chi connectivity index (χ4n) is 2.63. The van der Waals surface area contributed by atoms with Crippen LogP contribution in [0.1, 0.15) is 42.5 Å². The van der Waals surface area contributed by atoms with Crippen molar-refractivity contribution in [1.29, 1.82) is 0 Å². The minimum absolute atomic E-state index is 0.131. The number of benzene rings is 1. The van der Waals surface area contributed by atoms with Gasteiger partial charge in [0.1, 0.15) is 6.04 Å². The van der Waals surface area contributed by atoms with Crippen LogP contribution in [0.15, 0.2) is 41.0 Å². The van der Waals surface area contributed by atoms with Gasteiger partial charge in [0.15, 0.2) is 5.76 Å². The number of hydrogen-bond acceptors (Lipinski definition) is 3. The smallest absolute Gasteiger partial charge is 0.326 e. The fourth-order valence-corrected chi connectivity index (χ4v) is 2.63. The molecular weight excluding hydrogens is 294 g/mol. The van der Waals surface area contributed by atoms with Gasteiger partial charge in [0, 0.05) is 0 Å². The predicted octanol–water partition coefficient (Wildman–Crippen LogP) is 3.52. The molecule has 1 atom stereocenters. The molecule has 1 heterocycles. The summed E-state index contributed by atoms with van der Waals surface area (Å²) in [4.78, 5) is 25.8. The van der Waals surface area contributed by atoms with Crippen molar-refractivity contribution in [2.24, 2.45) is 0 Å². The Hall–Kier alpha value is -2.56. The number of carboxylic acids is 1. The van der Waals surface area contributed by atoms with Gasteiger partial charge in [-0.05, 0) is 43.0 Å². The molecule has 0 fully saturated rings. The van der Waals surface area contributed by atoms with E-state index in [1.165, 1.54) is 18.1 Å². The van der Waals surface area contributed by atoms with Crippen molar-refractivity contribution >= 4 is 17.6 Å². The van der Waals surface area contributed by atoms with E-state index >= 15 is 0 Å². The molecule has 5 heteroatoms. The van der Waals surface area contributed by atoms with Crippen molar-refractivity contribution in [3.05, 3.63) is 53.5 Å². The lowest BCUT2D eigenvalue weighted by molar-refractivity contribution is -0.138. The molecule has 0 radical (unpaired) electrons. The highest BCUT2D eigenvalue weighted by atomic mass is 16.4. The van der Waals surface area contributed by atoms with Gasteiger partial charge in [0.05, 0.1) is 12.0 Å². The second-order valence-electron chi connectivity index (χ2n) is 5.30. The SMILES string of the molecule is CCc1cccc(CC)c1N(C(=O)c1ccco1)[C@H](C)C(=O)O. The van der Waals surface area contributed by atoms with Gasteiger partial charge >= 0.3 is 5.97 Å². The number of aryl methyl sites for hydroxylation is 2. The number of para-hydroxylation sites is 1. The summed E-state index contributed by atoms with van der Waals surface area (Å²) >= 11 is 0. The van der Waals surface area contributed by atoms with E-state index in [1.54, 1.807) is 12.1 Å². The van der Waals surface area contributed by atoms with Crippen molar-refractivity contribution in [2.75, 3.05) is 4.90 Å². The van der Waals surface area contributed by atoms with Gasteiger partial charge in [-0.3, -0.25) is 9.69 Å². The number of aliphatic carboxylic acids is 1. The Morgan fingerprint density at radius 3 is 2.17 bits per heavy atom. The number of hydrogen-bond donors (Lipinski definition) is 1. The molecule has 0 aliphatic heterocycles. The first-order valence-corrected chi connectivity index (χ1v) is 7.71. The van der Waals surface area contributed by atoms with Gasteiger partial charge in [-0.2, -0.15) is 0 Å². The van der Waals surface area contributed by atoms with Crippen LogP contribution in [0, 0.1) is 0 Å². The Morgan fingerprint density at radius 1 is 1.13 bits per heavy atom. The molecule has 2 rings (SSSR count). The van der Waals surface area contributed by atoms with Crippen molar-refractivity contribution in [2.45, 2.75) is 39.7 Å². The Balaban J connectivity index is 2.63. The van der Waals surface area contributed by atoms with Crippen molar-refractivity contribution < 1.29 is 19.1 Å². The molecule has 1 aromatic carbocycles. The molecule has 0 aliphatic carbocycles. The monoisotopic (exact) mass is 315 g/mol. The lowest BCUT2D eigenvalue weighted by atomic mass is 10.00. The summed E-state index contributed by atoms with van der Waals surface area (Å²) in [5.41, 5.74) is 2.56. The Labute approximate surface area is 135 Å². The Bertz CT molecular complexity index is 669. The summed E-state index contributed by atoms with van der Waals surface area (Å²) in [5.74, 6) is -1.37. The van der Waals surface area contributed by atoms with Crippen LogP contribution in [0.5, 0.6) is 0 Å². The van der Waals surface area contributed by atoms with Crippen molar-refractivity contribution in [1.82, 2.24) is 0 Å². The van der Waals surface area contributed by atoms with Crippen LogP contribution < -0.4 is 4.90 Å². The van der Waals surface area contributed by atoms with Crippen LogP contribution in [0.25, 0.3) is 0 Å². The largest absolute Gasteiger partial charge is 0.480 e. The summed E-state index contributed by atoms with van der Waals surface area (Å²) in [6.45, 7) is 5.48. The second kappa shape index (κ2) is 7.13. The van der Waals surface area contributed by atoms with Gasteiger partial charge in [0.2, 0.25) is 0 Å². The highest BCUT2D eigenvalue weighted by Gasteiger charge is 2.32. The highest BCUT2D eigenvalue weighted by Crippen LogP contribution is 2.30. The average molecular weight is 315 g/mol. The minimum Gasteiger partial charge on any atom is -0.480 e. The molecule has 0 aliphatic rings. The average Bonchev–Trinajstić information content (AvgIpc) is 3.09. The van der Waals surface area contributed by atoms with Crippen LogP contribution >= 0.6 is 0 Å². The number of furan rings is 1. The number of anilines is 1. The summed E-state index contributed by atoms with van der Waals surface area (Å²) in [7, 11) is 0. The van der Waals surface area contributed by atoms with E-state index in [4.69, 9.17) is 4.42 Å². The summed E-state index contributed by atoms with van der Waals surface area (Å²) in [6.07, 6.45) is 2.82. The van der Waals surface area contributed by atoms with E-state index in [0.717, 1.165) is 11.1 Å². The molecular formula is C18H21NO4. The molecule has 0 saturated heterocycles. The molecule has 1 amide bonds. The molecule has 5 nitrogen and oxygen atoms in total. The molecule has 2 aromatic rings.